The summed E-state index contributed by atoms with van der Waals surface area (Å²) in [7, 11) is 0. The maximum atomic E-state index is 11.6. The average Bonchev–Trinajstić information content (AvgIpc) is 2.16. The number of hydrogen-bond donors (Lipinski definition) is 1. The third-order valence-corrected chi connectivity index (χ3v) is 1.99. The van der Waals surface area contributed by atoms with Crippen LogP contribution in [0.1, 0.15) is 42.6 Å². The van der Waals surface area contributed by atoms with Crippen LogP contribution in [0.4, 0.5) is 0 Å². The molecule has 0 aliphatic rings. The molecule has 15 heavy (non-hydrogen) atoms. The van der Waals surface area contributed by atoms with E-state index in [4.69, 9.17) is 10.5 Å². The van der Waals surface area contributed by atoms with Gasteiger partial charge in [0.25, 0.3) is 0 Å². The molecular weight excluding hydrogens is 192 g/mol. The molecule has 0 bridgehead atoms. The van der Waals surface area contributed by atoms with Crippen molar-refractivity contribution in [1.29, 1.82) is 0 Å². The van der Waals surface area contributed by atoms with Crippen molar-refractivity contribution in [2.24, 2.45) is 5.73 Å². The second-order valence-corrected chi connectivity index (χ2v) is 3.73. The quantitative estimate of drug-likeness (QED) is 0.606. The molecule has 1 aromatic heterocycles. The lowest BCUT2D eigenvalue weighted by Gasteiger charge is -2.12. The summed E-state index contributed by atoms with van der Waals surface area (Å²) in [4.78, 5) is 15.6. The van der Waals surface area contributed by atoms with Crippen LogP contribution in [0.3, 0.4) is 0 Å². The Kier molecular flexibility index (Phi) is 3.80. The van der Waals surface area contributed by atoms with Crippen LogP contribution in [0.5, 0.6) is 0 Å². The van der Waals surface area contributed by atoms with Crippen molar-refractivity contribution < 1.29 is 9.53 Å². The van der Waals surface area contributed by atoms with Crippen molar-refractivity contribution in [1.82, 2.24) is 4.98 Å². The van der Waals surface area contributed by atoms with Crippen LogP contribution in [0.15, 0.2) is 18.5 Å². The Morgan fingerprint density at radius 1 is 1.47 bits per heavy atom. The molecule has 4 nitrogen and oxygen atoms in total. The van der Waals surface area contributed by atoms with Gasteiger partial charge in [-0.3, -0.25) is 10.7 Å². The fourth-order valence-electron chi connectivity index (χ4n) is 1.31. The van der Waals surface area contributed by atoms with E-state index in [9.17, 15) is 4.79 Å². The molecule has 4 heteroatoms. The van der Waals surface area contributed by atoms with E-state index < -0.39 is 12.2 Å². The number of pyridine rings is 1. The lowest BCUT2D eigenvalue weighted by atomic mass is 9.99. The first-order valence-electron chi connectivity index (χ1n) is 4.93. The van der Waals surface area contributed by atoms with Gasteiger partial charge in [0.05, 0.1) is 5.56 Å². The van der Waals surface area contributed by atoms with Crippen LogP contribution < -0.4 is 5.73 Å². The van der Waals surface area contributed by atoms with Crippen molar-refractivity contribution in [2.45, 2.75) is 32.9 Å². The number of hydrogen-bond acceptors (Lipinski definition) is 4. The monoisotopic (exact) mass is 208 g/mol. The van der Waals surface area contributed by atoms with Gasteiger partial charge in [-0.25, -0.2) is 4.79 Å². The third-order valence-electron chi connectivity index (χ3n) is 1.99. The number of ether oxygens (including phenoxy) is 1. The van der Waals surface area contributed by atoms with E-state index in [2.05, 4.69) is 4.98 Å². The van der Waals surface area contributed by atoms with Crippen LogP contribution in [-0.4, -0.2) is 17.2 Å². The summed E-state index contributed by atoms with van der Waals surface area (Å²) in [5, 5.41) is 0. The molecule has 0 amide bonds. The molecular formula is C11H16N2O2. The van der Waals surface area contributed by atoms with E-state index in [1.807, 2.05) is 19.9 Å². The Labute approximate surface area is 89.5 Å². The zero-order valence-electron chi connectivity index (χ0n) is 9.23. The predicted molar refractivity (Wildman–Crippen MR) is 57.4 cm³/mol. The van der Waals surface area contributed by atoms with Gasteiger partial charge in [0, 0.05) is 12.4 Å². The maximum absolute atomic E-state index is 11.6. The maximum Gasteiger partial charge on any atom is 0.341 e. The van der Waals surface area contributed by atoms with Crippen molar-refractivity contribution >= 4 is 5.97 Å². The minimum absolute atomic E-state index is 0.253. The van der Waals surface area contributed by atoms with Crippen LogP contribution in [0, 0.1) is 0 Å². The van der Waals surface area contributed by atoms with Gasteiger partial charge in [-0.2, -0.15) is 0 Å². The zero-order chi connectivity index (χ0) is 11.4. The molecule has 0 fully saturated rings. The van der Waals surface area contributed by atoms with Crippen molar-refractivity contribution in [2.75, 3.05) is 0 Å². The average molecular weight is 208 g/mol. The van der Waals surface area contributed by atoms with Gasteiger partial charge in [0.1, 0.15) is 6.23 Å². The summed E-state index contributed by atoms with van der Waals surface area (Å²) in [5.74, 6) is -0.162. The van der Waals surface area contributed by atoms with Gasteiger partial charge in [-0.05, 0) is 24.5 Å². The van der Waals surface area contributed by atoms with Crippen LogP contribution >= 0.6 is 0 Å². The van der Waals surface area contributed by atoms with Gasteiger partial charge >= 0.3 is 5.97 Å². The molecule has 1 aromatic rings. The number of aromatic nitrogens is 1. The molecule has 82 valence electrons. The van der Waals surface area contributed by atoms with E-state index >= 15 is 0 Å². The van der Waals surface area contributed by atoms with E-state index in [1.165, 1.54) is 6.20 Å². The highest BCUT2D eigenvalue weighted by molar-refractivity contribution is 5.91. The summed E-state index contributed by atoms with van der Waals surface area (Å²) < 4.78 is 4.93. The Hall–Kier alpha value is -1.42. The third kappa shape index (κ3) is 3.02. The number of carbonyl (C=O) groups excluding carboxylic acids is 1. The number of esters is 1. The summed E-state index contributed by atoms with van der Waals surface area (Å²) >= 11 is 0. The largest absolute Gasteiger partial charge is 0.443 e. The number of carbonyl (C=O) groups is 1. The molecule has 1 heterocycles. The molecule has 0 aliphatic carbocycles. The first-order valence-corrected chi connectivity index (χ1v) is 4.93. The molecule has 0 saturated carbocycles. The fraction of sp³-hybridized carbons (Fsp3) is 0.455. The minimum atomic E-state index is -0.599. The fourth-order valence-corrected chi connectivity index (χ4v) is 1.31. The highest BCUT2D eigenvalue weighted by atomic mass is 16.6. The summed E-state index contributed by atoms with van der Waals surface area (Å²) in [5.41, 5.74) is 6.81. The van der Waals surface area contributed by atoms with Crippen LogP contribution in [0.2, 0.25) is 0 Å². The topological polar surface area (TPSA) is 65.2 Å². The highest BCUT2D eigenvalue weighted by Crippen LogP contribution is 2.18. The minimum Gasteiger partial charge on any atom is -0.443 e. The molecule has 0 saturated heterocycles. The lowest BCUT2D eigenvalue weighted by Crippen LogP contribution is -2.24. The van der Waals surface area contributed by atoms with Crippen molar-refractivity contribution in [3.8, 4) is 0 Å². The predicted octanol–water partition coefficient (Wildman–Crippen LogP) is 1.67. The SMILES string of the molecule is CC(N)OC(=O)c1cnccc1C(C)C. The van der Waals surface area contributed by atoms with Crippen LogP contribution in [0.25, 0.3) is 0 Å². The molecule has 0 radical (unpaired) electrons. The van der Waals surface area contributed by atoms with Crippen molar-refractivity contribution in [3.63, 3.8) is 0 Å². The number of nitrogens with two attached hydrogens (primary N) is 1. The smallest absolute Gasteiger partial charge is 0.341 e. The Bertz CT molecular complexity index is 348. The second-order valence-electron chi connectivity index (χ2n) is 3.73. The standard InChI is InChI=1S/C11H16N2O2/c1-7(2)9-4-5-13-6-10(9)11(14)15-8(3)12/h4-8H,12H2,1-3H3. The molecule has 1 atom stereocenters. The molecule has 2 N–H and O–H groups in total. The van der Waals surface area contributed by atoms with E-state index in [0.29, 0.717) is 5.56 Å². The second kappa shape index (κ2) is 4.89. The van der Waals surface area contributed by atoms with Gasteiger partial charge in [-0.1, -0.05) is 13.8 Å². The first kappa shape index (κ1) is 11.7. The van der Waals surface area contributed by atoms with E-state index in [-0.39, 0.29) is 5.92 Å². The zero-order valence-corrected chi connectivity index (χ0v) is 9.23. The molecule has 0 spiro atoms. The summed E-state index contributed by atoms with van der Waals surface area (Å²) in [6.45, 7) is 5.64. The van der Waals surface area contributed by atoms with Gasteiger partial charge < -0.3 is 4.74 Å². The molecule has 0 aliphatic heterocycles. The molecule has 0 aromatic carbocycles. The Morgan fingerprint density at radius 2 is 2.13 bits per heavy atom. The van der Waals surface area contributed by atoms with E-state index in [0.717, 1.165) is 5.56 Å². The summed E-state index contributed by atoms with van der Waals surface area (Å²) in [6, 6.07) is 1.82. The van der Waals surface area contributed by atoms with E-state index in [1.54, 1.807) is 13.1 Å². The Balaban J connectivity index is 2.97. The van der Waals surface area contributed by atoms with Crippen LogP contribution in [-0.2, 0) is 4.74 Å². The Morgan fingerprint density at radius 3 is 2.67 bits per heavy atom. The molecule has 1 unspecified atom stereocenters. The first-order chi connectivity index (χ1) is 7.02. The van der Waals surface area contributed by atoms with Crippen molar-refractivity contribution in [3.05, 3.63) is 29.6 Å². The highest BCUT2D eigenvalue weighted by Gasteiger charge is 2.15. The number of rotatable bonds is 3. The summed E-state index contributed by atoms with van der Waals surface area (Å²) in [6.07, 6.45) is 2.58. The molecule has 1 rings (SSSR count). The van der Waals surface area contributed by atoms with Gasteiger partial charge in [-0.15, -0.1) is 0 Å². The number of nitrogens with zero attached hydrogens (tertiary/aromatic N) is 1. The normalized spacial score (nSPS) is 12.6. The van der Waals surface area contributed by atoms with Gasteiger partial charge in [0.2, 0.25) is 0 Å². The lowest BCUT2D eigenvalue weighted by molar-refractivity contribution is 0.0353. The van der Waals surface area contributed by atoms with Gasteiger partial charge in [0.15, 0.2) is 0 Å².